The van der Waals surface area contributed by atoms with E-state index in [9.17, 15) is 9.59 Å². The fraction of sp³-hybridized carbons (Fsp3) is 0.625. The molecule has 0 fully saturated rings. The summed E-state index contributed by atoms with van der Waals surface area (Å²) in [4.78, 5) is 22.5. The van der Waals surface area contributed by atoms with Crippen LogP contribution in [0.25, 0.3) is 0 Å². The van der Waals surface area contributed by atoms with E-state index in [1.807, 2.05) is 19.1 Å². The minimum atomic E-state index is -0.534. The van der Waals surface area contributed by atoms with Gasteiger partial charge in [0.05, 0.1) is 25.2 Å². The van der Waals surface area contributed by atoms with E-state index in [2.05, 4.69) is 6.58 Å². The maximum atomic E-state index is 11.6. The Balaban J connectivity index is 2.18. The van der Waals surface area contributed by atoms with Crippen molar-refractivity contribution in [2.24, 2.45) is 5.41 Å². The maximum Gasteiger partial charge on any atom is 0.330 e. The summed E-state index contributed by atoms with van der Waals surface area (Å²) >= 11 is 0. The van der Waals surface area contributed by atoms with Crippen molar-refractivity contribution < 1.29 is 23.8 Å². The average molecular weight is 296 g/mol. The number of rotatable bonds is 8. The van der Waals surface area contributed by atoms with Crippen LogP contribution in [-0.2, 0) is 23.8 Å². The van der Waals surface area contributed by atoms with Gasteiger partial charge >= 0.3 is 11.9 Å². The summed E-state index contributed by atoms with van der Waals surface area (Å²) in [5, 5.41) is 0. The molecule has 0 heterocycles. The fourth-order valence-electron chi connectivity index (χ4n) is 2.15. The Morgan fingerprint density at radius 3 is 2.67 bits per heavy atom. The molecule has 0 saturated carbocycles. The zero-order chi connectivity index (χ0) is 15.7. The van der Waals surface area contributed by atoms with Gasteiger partial charge < -0.3 is 14.2 Å². The van der Waals surface area contributed by atoms with Gasteiger partial charge in [-0.3, -0.25) is 4.79 Å². The molecule has 0 aromatic rings. The number of ether oxygens (including phenoxy) is 3. The Labute approximate surface area is 125 Å². The predicted octanol–water partition coefficient (Wildman–Crippen LogP) is 2.41. The smallest absolute Gasteiger partial charge is 0.330 e. The number of methoxy groups -OCH3 is 1. The Morgan fingerprint density at radius 1 is 1.38 bits per heavy atom. The lowest BCUT2D eigenvalue weighted by Gasteiger charge is -2.29. The molecule has 5 nitrogen and oxygen atoms in total. The molecule has 0 bridgehead atoms. The van der Waals surface area contributed by atoms with Gasteiger partial charge in [-0.15, -0.1) is 0 Å². The first-order valence-electron chi connectivity index (χ1n) is 7.20. The van der Waals surface area contributed by atoms with Crippen LogP contribution in [0.4, 0.5) is 0 Å². The molecule has 5 heteroatoms. The highest BCUT2D eigenvalue weighted by atomic mass is 16.5. The summed E-state index contributed by atoms with van der Waals surface area (Å²) in [5.41, 5.74) is -0.534. The maximum absolute atomic E-state index is 11.6. The molecule has 118 valence electrons. The zero-order valence-electron chi connectivity index (χ0n) is 12.8. The van der Waals surface area contributed by atoms with Gasteiger partial charge in [-0.25, -0.2) is 4.79 Å². The standard InChI is InChI=1S/C16H24O5/c1-4-14(17)21-12-6-5-11-20-13-7-9-16(2,10-8-13)15(18)19-3/h4,7,9,13H,1,5-6,8,10-12H2,2-3H3. The van der Waals surface area contributed by atoms with Gasteiger partial charge in [0.1, 0.15) is 0 Å². The Morgan fingerprint density at radius 2 is 2.10 bits per heavy atom. The van der Waals surface area contributed by atoms with Crippen molar-refractivity contribution in [2.75, 3.05) is 20.3 Å². The van der Waals surface area contributed by atoms with Crippen LogP contribution in [0, 0.1) is 5.41 Å². The topological polar surface area (TPSA) is 61.8 Å². The van der Waals surface area contributed by atoms with Gasteiger partial charge in [0, 0.05) is 12.7 Å². The van der Waals surface area contributed by atoms with Crippen molar-refractivity contribution in [3.63, 3.8) is 0 Å². The molecule has 0 N–H and O–H groups in total. The molecule has 21 heavy (non-hydrogen) atoms. The molecule has 1 aliphatic carbocycles. The highest BCUT2D eigenvalue weighted by molar-refractivity contribution is 5.81. The monoisotopic (exact) mass is 296 g/mol. The zero-order valence-corrected chi connectivity index (χ0v) is 12.8. The second-order valence-electron chi connectivity index (χ2n) is 5.29. The van der Waals surface area contributed by atoms with E-state index >= 15 is 0 Å². The summed E-state index contributed by atoms with van der Waals surface area (Å²) < 4.78 is 15.4. The van der Waals surface area contributed by atoms with E-state index in [4.69, 9.17) is 14.2 Å². The number of carbonyl (C=O) groups excluding carboxylic acids is 2. The molecule has 0 spiro atoms. The molecule has 2 unspecified atom stereocenters. The lowest BCUT2D eigenvalue weighted by Crippen LogP contribution is -2.32. The van der Waals surface area contributed by atoms with Gasteiger partial charge in [0.15, 0.2) is 0 Å². The van der Waals surface area contributed by atoms with E-state index in [-0.39, 0.29) is 12.1 Å². The number of carbonyl (C=O) groups is 2. The van der Waals surface area contributed by atoms with Crippen LogP contribution in [0.3, 0.4) is 0 Å². The van der Waals surface area contributed by atoms with Crippen molar-refractivity contribution in [1.29, 1.82) is 0 Å². The molecule has 0 radical (unpaired) electrons. The van der Waals surface area contributed by atoms with Crippen LogP contribution in [0.1, 0.15) is 32.6 Å². The normalized spacial score (nSPS) is 24.4. The predicted molar refractivity (Wildman–Crippen MR) is 78.6 cm³/mol. The highest BCUT2D eigenvalue weighted by Crippen LogP contribution is 2.32. The molecule has 0 aromatic carbocycles. The first-order chi connectivity index (χ1) is 10.0. The lowest BCUT2D eigenvalue weighted by atomic mass is 9.80. The molecule has 1 rings (SSSR count). The third-order valence-electron chi connectivity index (χ3n) is 3.56. The number of hydrogen-bond donors (Lipinski definition) is 0. The summed E-state index contributed by atoms with van der Waals surface area (Å²) in [5.74, 6) is -0.602. The second-order valence-corrected chi connectivity index (χ2v) is 5.29. The largest absolute Gasteiger partial charge is 0.468 e. The SMILES string of the molecule is C=CC(=O)OCCCCOC1C=CC(C)(C(=O)OC)CC1. The van der Waals surface area contributed by atoms with Crippen molar-refractivity contribution >= 4 is 11.9 Å². The van der Waals surface area contributed by atoms with Crippen LogP contribution in [0.15, 0.2) is 24.8 Å². The van der Waals surface area contributed by atoms with Gasteiger partial charge in [-0.05, 0) is 32.6 Å². The molecule has 2 atom stereocenters. The van der Waals surface area contributed by atoms with Crippen LogP contribution >= 0.6 is 0 Å². The van der Waals surface area contributed by atoms with Crippen LogP contribution in [-0.4, -0.2) is 38.4 Å². The molecular formula is C16H24O5. The van der Waals surface area contributed by atoms with Gasteiger partial charge in [-0.2, -0.15) is 0 Å². The first-order valence-corrected chi connectivity index (χ1v) is 7.20. The van der Waals surface area contributed by atoms with E-state index in [1.165, 1.54) is 7.11 Å². The van der Waals surface area contributed by atoms with Gasteiger partial charge in [0.2, 0.25) is 0 Å². The summed E-state index contributed by atoms with van der Waals surface area (Å²) in [6, 6.07) is 0. The third kappa shape index (κ3) is 5.71. The van der Waals surface area contributed by atoms with Crippen LogP contribution in [0.5, 0.6) is 0 Å². The Kier molecular flexibility index (Phi) is 7.15. The van der Waals surface area contributed by atoms with Crippen molar-refractivity contribution in [3.05, 3.63) is 24.8 Å². The summed E-state index contributed by atoms with van der Waals surface area (Å²) in [7, 11) is 1.41. The second kappa shape index (κ2) is 8.62. The number of hydrogen-bond acceptors (Lipinski definition) is 5. The minimum absolute atomic E-state index is 0.0402. The Bertz CT molecular complexity index is 401. The molecule has 0 saturated heterocycles. The van der Waals surface area contributed by atoms with E-state index < -0.39 is 11.4 Å². The molecule has 0 aliphatic heterocycles. The number of esters is 2. The van der Waals surface area contributed by atoms with Gasteiger partial charge in [-0.1, -0.05) is 18.7 Å². The van der Waals surface area contributed by atoms with Gasteiger partial charge in [0.25, 0.3) is 0 Å². The first kappa shape index (κ1) is 17.4. The van der Waals surface area contributed by atoms with Crippen molar-refractivity contribution in [2.45, 2.75) is 38.7 Å². The van der Waals surface area contributed by atoms with Crippen molar-refractivity contribution in [1.82, 2.24) is 0 Å². The highest BCUT2D eigenvalue weighted by Gasteiger charge is 2.34. The average Bonchev–Trinajstić information content (AvgIpc) is 2.51. The van der Waals surface area contributed by atoms with Crippen LogP contribution in [0.2, 0.25) is 0 Å². The van der Waals surface area contributed by atoms with Crippen molar-refractivity contribution in [3.8, 4) is 0 Å². The van der Waals surface area contributed by atoms with Crippen LogP contribution < -0.4 is 0 Å². The van der Waals surface area contributed by atoms with E-state index in [1.54, 1.807) is 0 Å². The minimum Gasteiger partial charge on any atom is -0.468 e. The quantitative estimate of drug-likeness (QED) is 0.298. The molecule has 0 amide bonds. The third-order valence-corrected chi connectivity index (χ3v) is 3.56. The lowest BCUT2D eigenvalue weighted by molar-refractivity contribution is -0.150. The van der Waals surface area contributed by atoms with E-state index in [0.717, 1.165) is 31.8 Å². The molecule has 0 aromatic heterocycles. The fourth-order valence-corrected chi connectivity index (χ4v) is 2.15. The summed E-state index contributed by atoms with van der Waals surface area (Å²) in [6.45, 7) is 6.19. The molecular weight excluding hydrogens is 272 g/mol. The molecule has 1 aliphatic rings. The summed E-state index contributed by atoms with van der Waals surface area (Å²) in [6.07, 6.45) is 8.10. The van der Waals surface area contributed by atoms with E-state index in [0.29, 0.717) is 13.2 Å². The Hall–Kier alpha value is -1.62. The number of unbranched alkanes of at least 4 members (excludes halogenated alkanes) is 1.